The van der Waals surface area contributed by atoms with E-state index in [1.54, 1.807) is 23.9 Å². The van der Waals surface area contributed by atoms with Gasteiger partial charge in [-0.2, -0.15) is 4.31 Å². The fourth-order valence-electron chi connectivity index (χ4n) is 2.50. The molecule has 138 valence electrons. The summed E-state index contributed by atoms with van der Waals surface area (Å²) >= 11 is 1.64. The second-order valence-electron chi connectivity index (χ2n) is 5.48. The summed E-state index contributed by atoms with van der Waals surface area (Å²) in [6.07, 6.45) is 0. The number of nitrogens with one attached hydrogen (secondary N) is 3. The van der Waals surface area contributed by atoms with E-state index in [0.29, 0.717) is 18.0 Å². The molecule has 3 N–H and O–H groups in total. The van der Waals surface area contributed by atoms with Crippen LogP contribution in [-0.4, -0.2) is 61.8 Å². The maximum absolute atomic E-state index is 12.6. The molecule has 2 aliphatic rings. The van der Waals surface area contributed by atoms with E-state index in [4.69, 9.17) is 0 Å². The number of amides is 2. The number of hydrogen-bond acceptors (Lipinski definition) is 6. The number of rotatable bonds is 4. The van der Waals surface area contributed by atoms with Crippen LogP contribution in [0, 0.1) is 0 Å². The first-order valence-corrected chi connectivity index (χ1v) is 10.1. The third-order valence-electron chi connectivity index (χ3n) is 3.78. The van der Waals surface area contributed by atoms with Gasteiger partial charge in [-0.1, -0.05) is 6.07 Å². The fraction of sp³-hybridized carbons (Fsp3) is 0.429. The fourth-order valence-corrected chi connectivity index (χ4v) is 4.88. The second-order valence-corrected chi connectivity index (χ2v) is 8.45. The lowest BCUT2D eigenvalue weighted by Gasteiger charge is -2.26. The number of piperazine rings is 1. The minimum absolute atomic E-state index is 0. The van der Waals surface area contributed by atoms with Crippen LogP contribution in [0.3, 0.4) is 0 Å². The zero-order valence-corrected chi connectivity index (χ0v) is 15.7. The molecule has 11 heteroatoms. The first-order chi connectivity index (χ1) is 11.5. The van der Waals surface area contributed by atoms with Crippen molar-refractivity contribution in [2.24, 2.45) is 0 Å². The smallest absolute Gasteiger partial charge is 0.243 e. The number of sulfonamides is 1. The first-order valence-electron chi connectivity index (χ1n) is 7.46. The van der Waals surface area contributed by atoms with Crippen LogP contribution in [0.1, 0.15) is 0 Å². The lowest BCUT2D eigenvalue weighted by molar-refractivity contribution is -0.122. The molecule has 0 aromatic heterocycles. The number of carbonyl (C=O) groups excluding carboxylic acids is 2. The molecule has 2 fully saturated rings. The SMILES string of the molecule is Cl.O=C1CN(S(=O)(=O)c2cccc(NC(=O)C3CSCN3)c2)CCN1. The maximum atomic E-state index is 12.6. The monoisotopic (exact) mass is 406 g/mol. The normalized spacial score (nSPS) is 21.3. The summed E-state index contributed by atoms with van der Waals surface area (Å²) in [5.74, 6) is 0.905. The molecule has 1 atom stereocenters. The first kappa shape index (κ1) is 20.0. The van der Waals surface area contributed by atoms with Gasteiger partial charge < -0.3 is 10.6 Å². The standard InChI is InChI=1S/C14H18N4O4S2.ClH/c19-13-7-18(5-4-15-13)24(21,22)11-3-1-2-10(6-11)17-14(20)12-8-23-9-16-12;/h1-3,6,12,16H,4-5,7-9H2,(H,15,19)(H,17,20);1H. The van der Waals surface area contributed by atoms with E-state index in [1.165, 1.54) is 12.1 Å². The molecule has 25 heavy (non-hydrogen) atoms. The number of anilines is 1. The van der Waals surface area contributed by atoms with E-state index in [9.17, 15) is 18.0 Å². The van der Waals surface area contributed by atoms with Gasteiger partial charge in [0.1, 0.15) is 0 Å². The van der Waals surface area contributed by atoms with Crippen molar-refractivity contribution in [2.75, 3.05) is 36.6 Å². The Morgan fingerprint density at radius 2 is 2.16 bits per heavy atom. The van der Waals surface area contributed by atoms with Gasteiger partial charge in [-0.3, -0.25) is 14.9 Å². The van der Waals surface area contributed by atoms with E-state index >= 15 is 0 Å². The molecule has 1 aromatic rings. The van der Waals surface area contributed by atoms with E-state index < -0.39 is 10.0 Å². The molecule has 0 radical (unpaired) electrons. The second kappa shape index (κ2) is 8.37. The molecule has 3 rings (SSSR count). The third-order valence-corrected chi connectivity index (χ3v) is 6.56. The molecule has 2 aliphatic heterocycles. The van der Waals surface area contributed by atoms with E-state index in [0.717, 1.165) is 10.2 Å². The van der Waals surface area contributed by atoms with Crippen molar-refractivity contribution >= 4 is 51.7 Å². The van der Waals surface area contributed by atoms with Crippen LogP contribution < -0.4 is 16.0 Å². The molecule has 2 heterocycles. The molecule has 8 nitrogen and oxygen atoms in total. The number of halogens is 1. The van der Waals surface area contributed by atoms with Gasteiger partial charge >= 0.3 is 0 Å². The number of benzene rings is 1. The van der Waals surface area contributed by atoms with Gasteiger partial charge in [0.25, 0.3) is 0 Å². The van der Waals surface area contributed by atoms with E-state index in [-0.39, 0.29) is 48.2 Å². The number of nitrogens with zero attached hydrogens (tertiary/aromatic N) is 1. The van der Waals surface area contributed by atoms with Gasteiger partial charge in [-0.15, -0.1) is 24.2 Å². The number of carbonyl (C=O) groups is 2. The highest BCUT2D eigenvalue weighted by atomic mass is 35.5. The van der Waals surface area contributed by atoms with Gasteiger partial charge in [0.05, 0.1) is 17.5 Å². The molecular weight excluding hydrogens is 388 g/mol. The Bertz CT molecular complexity index is 753. The number of hydrogen-bond donors (Lipinski definition) is 3. The average molecular weight is 407 g/mol. The maximum Gasteiger partial charge on any atom is 0.243 e. The minimum atomic E-state index is -3.77. The highest BCUT2D eigenvalue weighted by Gasteiger charge is 2.29. The van der Waals surface area contributed by atoms with Crippen LogP contribution in [0.25, 0.3) is 0 Å². The molecule has 2 amide bonds. The van der Waals surface area contributed by atoms with Crippen molar-refractivity contribution < 1.29 is 18.0 Å². The van der Waals surface area contributed by atoms with Crippen molar-refractivity contribution in [3.05, 3.63) is 24.3 Å². The van der Waals surface area contributed by atoms with Crippen LogP contribution in [0.5, 0.6) is 0 Å². The van der Waals surface area contributed by atoms with E-state index in [2.05, 4.69) is 16.0 Å². The largest absolute Gasteiger partial charge is 0.354 e. The zero-order valence-electron chi connectivity index (χ0n) is 13.2. The Hall–Kier alpha value is -1.33. The summed E-state index contributed by atoms with van der Waals surface area (Å²) in [4.78, 5) is 23.6. The Labute approximate surface area is 156 Å². The molecule has 0 bridgehead atoms. The zero-order chi connectivity index (χ0) is 17.2. The van der Waals surface area contributed by atoms with Crippen molar-refractivity contribution in [2.45, 2.75) is 10.9 Å². The molecular formula is C14H19ClN4O4S2. The predicted molar refractivity (Wildman–Crippen MR) is 98.3 cm³/mol. The molecule has 0 saturated carbocycles. The Balaban J connectivity index is 0.00000225. The summed E-state index contributed by atoms with van der Waals surface area (Å²) < 4.78 is 26.4. The summed E-state index contributed by atoms with van der Waals surface area (Å²) in [6, 6.07) is 5.81. The van der Waals surface area contributed by atoms with Gasteiger partial charge in [-0.05, 0) is 18.2 Å². The summed E-state index contributed by atoms with van der Waals surface area (Å²) in [7, 11) is -3.77. The average Bonchev–Trinajstić information content (AvgIpc) is 3.10. The summed E-state index contributed by atoms with van der Waals surface area (Å²) in [5, 5.41) is 8.38. The predicted octanol–water partition coefficient (Wildman–Crippen LogP) is -0.170. The Morgan fingerprint density at radius 1 is 1.36 bits per heavy atom. The van der Waals surface area contributed by atoms with E-state index in [1.807, 2.05) is 0 Å². The van der Waals surface area contributed by atoms with Crippen LogP contribution in [0.15, 0.2) is 29.2 Å². The van der Waals surface area contributed by atoms with Crippen molar-refractivity contribution in [3.8, 4) is 0 Å². The Morgan fingerprint density at radius 3 is 2.84 bits per heavy atom. The molecule has 0 spiro atoms. The quantitative estimate of drug-likeness (QED) is 0.640. The van der Waals surface area contributed by atoms with Gasteiger partial charge in [-0.25, -0.2) is 8.42 Å². The van der Waals surface area contributed by atoms with Crippen LogP contribution in [0.4, 0.5) is 5.69 Å². The molecule has 0 aliphatic carbocycles. The van der Waals surface area contributed by atoms with Crippen LogP contribution in [0.2, 0.25) is 0 Å². The van der Waals surface area contributed by atoms with Gasteiger partial charge in [0.2, 0.25) is 21.8 Å². The third kappa shape index (κ3) is 4.64. The molecule has 2 saturated heterocycles. The highest BCUT2D eigenvalue weighted by molar-refractivity contribution is 7.99. The topological polar surface area (TPSA) is 108 Å². The van der Waals surface area contributed by atoms with Crippen molar-refractivity contribution in [1.29, 1.82) is 0 Å². The van der Waals surface area contributed by atoms with Crippen molar-refractivity contribution in [1.82, 2.24) is 14.9 Å². The molecule has 1 unspecified atom stereocenters. The summed E-state index contributed by atoms with van der Waals surface area (Å²) in [5.41, 5.74) is 0.418. The van der Waals surface area contributed by atoms with Gasteiger partial charge in [0.15, 0.2) is 0 Å². The van der Waals surface area contributed by atoms with Gasteiger partial charge in [0, 0.05) is 30.4 Å². The number of thioether (sulfide) groups is 1. The van der Waals surface area contributed by atoms with Crippen LogP contribution in [-0.2, 0) is 19.6 Å². The molecule has 1 aromatic carbocycles. The van der Waals surface area contributed by atoms with Crippen molar-refractivity contribution in [3.63, 3.8) is 0 Å². The summed E-state index contributed by atoms with van der Waals surface area (Å²) in [6.45, 7) is 0.329. The lowest BCUT2D eigenvalue weighted by Crippen LogP contribution is -2.49. The van der Waals surface area contributed by atoms with Crippen LogP contribution >= 0.6 is 24.2 Å². The highest BCUT2D eigenvalue weighted by Crippen LogP contribution is 2.21. The lowest BCUT2D eigenvalue weighted by atomic mass is 10.2. The Kier molecular flexibility index (Phi) is 6.69. The minimum Gasteiger partial charge on any atom is -0.354 e.